The van der Waals surface area contributed by atoms with Gasteiger partial charge in [0.2, 0.25) is 0 Å². The summed E-state index contributed by atoms with van der Waals surface area (Å²) in [6.07, 6.45) is 0.875. The number of ketones is 1. The highest BCUT2D eigenvalue weighted by Gasteiger charge is 2.12. The van der Waals surface area contributed by atoms with E-state index in [4.69, 9.17) is 0 Å². The van der Waals surface area contributed by atoms with Gasteiger partial charge in [-0.05, 0) is 26.3 Å². The molecule has 72 valence electrons. The number of rotatable bonds is 3. The van der Waals surface area contributed by atoms with Crippen molar-refractivity contribution in [3.63, 3.8) is 0 Å². The monoisotopic (exact) mass is 180 g/mol. The smallest absolute Gasteiger partial charge is 0.177 e. The van der Waals surface area contributed by atoms with Crippen LogP contribution in [0.4, 0.5) is 0 Å². The summed E-state index contributed by atoms with van der Waals surface area (Å²) in [5.41, 5.74) is 1.70. The molecule has 0 spiro atoms. The van der Waals surface area contributed by atoms with Gasteiger partial charge in [-0.2, -0.15) is 5.10 Å². The van der Waals surface area contributed by atoms with Crippen LogP contribution in [0, 0.1) is 0 Å². The zero-order valence-corrected chi connectivity index (χ0v) is 8.66. The van der Waals surface area contributed by atoms with Gasteiger partial charge in [0.25, 0.3) is 0 Å². The first-order valence-corrected chi connectivity index (χ1v) is 4.65. The second kappa shape index (κ2) is 3.73. The first-order valence-electron chi connectivity index (χ1n) is 4.65. The van der Waals surface area contributed by atoms with Gasteiger partial charge in [0.15, 0.2) is 5.78 Å². The van der Waals surface area contributed by atoms with Gasteiger partial charge in [0.1, 0.15) is 5.69 Å². The van der Waals surface area contributed by atoms with Crippen molar-refractivity contribution in [3.05, 3.63) is 17.5 Å². The largest absolute Gasteiger partial charge is 0.293 e. The molecular weight excluding hydrogens is 164 g/mol. The van der Waals surface area contributed by atoms with Crippen molar-refractivity contribution in [2.45, 2.75) is 40.2 Å². The highest BCUT2D eigenvalue weighted by molar-refractivity contribution is 5.92. The van der Waals surface area contributed by atoms with Crippen molar-refractivity contribution in [1.82, 2.24) is 9.78 Å². The van der Waals surface area contributed by atoms with Gasteiger partial charge in [-0.15, -0.1) is 0 Å². The topological polar surface area (TPSA) is 34.9 Å². The Morgan fingerprint density at radius 2 is 2.23 bits per heavy atom. The van der Waals surface area contributed by atoms with Gasteiger partial charge in [-0.25, -0.2) is 0 Å². The molecule has 13 heavy (non-hydrogen) atoms. The van der Waals surface area contributed by atoms with Crippen LogP contribution in [0.2, 0.25) is 0 Å². The van der Waals surface area contributed by atoms with Crippen LogP contribution in [0.15, 0.2) is 6.07 Å². The predicted octanol–water partition coefficient (Wildman–Crippen LogP) is 2.23. The molecule has 0 aliphatic rings. The van der Waals surface area contributed by atoms with Gasteiger partial charge in [0, 0.05) is 13.0 Å². The van der Waals surface area contributed by atoms with Crippen LogP contribution in [-0.2, 0) is 6.42 Å². The summed E-state index contributed by atoms with van der Waals surface area (Å²) in [7, 11) is 0. The molecule has 3 nitrogen and oxygen atoms in total. The molecular formula is C10H16N2O. The highest BCUT2D eigenvalue weighted by atomic mass is 16.1. The third kappa shape index (κ3) is 1.97. The Labute approximate surface area is 78.8 Å². The Bertz CT molecular complexity index is 313. The van der Waals surface area contributed by atoms with E-state index in [0.717, 1.165) is 12.1 Å². The number of nitrogens with zero attached hydrogens (tertiary/aromatic N) is 2. The van der Waals surface area contributed by atoms with Crippen LogP contribution in [0.25, 0.3) is 0 Å². The SMILES string of the molecule is CCc1cc(C(C)=O)n(C(C)C)n1. The number of carbonyl (C=O) groups is 1. The van der Waals surface area contributed by atoms with Crippen molar-refractivity contribution in [1.29, 1.82) is 0 Å². The van der Waals surface area contributed by atoms with Crippen molar-refractivity contribution >= 4 is 5.78 Å². The molecule has 1 aromatic heterocycles. The van der Waals surface area contributed by atoms with E-state index in [9.17, 15) is 4.79 Å². The molecule has 0 aliphatic carbocycles. The average molecular weight is 180 g/mol. The lowest BCUT2D eigenvalue weighted by molar-refractivity contribution is 0.100. The molecule has 3 heteroatoms. The Balaban J connectivity index is 3.15. The maximum atomic E-state index is 11.2. The summed E-state index contributed by atoms with van der Waals surface area (Å²) in [4.78, 5) is 11.2. The van der Waals surface area contributed by atoms with E-state index in [1.165, 1.54) is 0 Å². The van der Waals surface area contributed by atoms with Crippen LogP contribution >= 0.6 is 0 Å². The third-order valence-electron chi connectivity index (χ3n) is 2.00. The van der Waals surface area contributed by atoms with Crippen molar-refractivity contribution in [3.8, 4) is 0 Å². The molecule has 0 fully saturated rings. The fourth-order valence-electron chi connectivity index (χ4n) is 1.27. The van der Waals surface area contributed by atoms with E-state index in [1.54, 1.807) is 11.6 Å². The maximum Gasteiger partial charge on any atom is 0.177 e. The standard InChI is InChI=1S/C10H16N2O/c1-5-9-6-10(8(4)13)12(11-9)7(2)3/h6-7H,5H2,1-4H3. The second-order valence-electron chi connectivity index (χ2n) is 3.47. The van der Waals surface area contributed by atoms with Gasteiger partial charge in [-0.1, -0.05) is 6.92 Å². The van der Waals surface area contributed by atoms with Crippen LogP contribution in [0.3, 0.4) is 0 Å². The zero-order valence-electron chi connectivity index (χ0n) is 8.66. The molecule has 0 saturated heterocycles. The van der Waals surface area contributed by atoms with E-state index in [0.29, 0.717) is 5.69 Å². The third-order valence-corrected chi connectivity index (χ3v) is 2.00. The molecule has 0 N–H and O–H groups in total. The summed E-state index contributed by atoms with van der Waals surface area (Å²) in [5, 5.41) is 4.35. The molecule has 1 aromatic rings. The summed E-state index contributed by atoms with van der Waals surface area (Å²) < 4.78 is 1.79. The summed E-state index contributed by atoms with van der Waals surface area (Å²) >= 11 is 0. The zero-order chi connectivity index (χ0) is 10.0. The minimum Gasteiger partial charge on any atom is -0.293 e. The highest BCUT2D eigenvalue weighted by Crippen LogP contribution is 2.12. The Morgan fingerprint density at radius 3 is 2.54 bits per heavy atom. The van der Waals surface area contributed by atoms with E-state index in [1.807, 2.05) is 26.8 Å². The lowest BCUT2D eigenvalue weighted by atomic mass is 10.2. The van der Waals surface area contributed by atoms with E-state index < -0.39 is 0 Å². The van der Waals surface area contributed by atoms with Gasteiger partial charge in [0.05, 0.1) is 5.69 Å². The van der Waals surface area contributed by atoms with Crippen LogP contribution in [0.1, 0.15) is 49.9 Å². The summed E-state index contributed by atoms with van der Waals surface area (Å²) in [5.74, 6) is 0.0842. The summed E-state index contributed by atoms with van der Waals surface area (Å²) in [6.45, 7) is 7.67. The van der Waals surface area contributed by atoms with Crippen LogP contribution < -0.4 is 0 Å². The number of Topliss-reactive ketones (excluding diaryl/α,β-unsaturated/α-hetero) is 1. The predicted molar refractivity (Wildman–Crippen MR) is 52.0 cm³/mol. The molecule has 0 saturated carbocycles. The molecule has 0 bridgehead atoms. The number of aryl methyl sites for hydroxylation is 1. The van der Waals surface area contributed by atoms with Crippen LogP contribution in [0.5, 0.6) is 0 Å². The molecule has 0 unspecified atom stereocenters. The maximum absolute atomic E-state index is 11.2. The van der Waals surface area contributed by atoms with Gasteiger partial charge < -0.3 is 0 Å². The van der Waals surface area contributed by atoms with Gasteiger partial charge in [-0.3, -0.25) is 9.48 Å². The Hall–Kier alpha value is -1.12. The normalized spacial score (nSPS) is 10.8. The number of hydrogen-bond donors (Lipinski definition) is 0. The minimum atomic E-state index is 0.0842. The molecule has 0 atom stereocenters. The number of carbonyl (C=O) groups excluding carboxylic acids is 1. The molecule has 0 aliphatic heterocycles. The van der Waals surface area contributed by atoms with Crippen LogP contribution in [-0.4, -0.2) is 15.6 Å². The van der Waals surface area contributed by atoms with Crippen molar-refractivity contribution < 1.29 is 4.79 Å². The van der Waals surface area contributed by atoms with Crippen molar-refractivity contribution in [2.75, 3.05) is 0 Å². The molecule has 0 aromatic carbocycles. The van der Waals surface area contributed by atoms with Crippen molar-refractivity contribution in [2.24, 2.45) is 0 Å². The molecule has 0 radical (unpaired) electrons. The number of aromatic nitrogens is 2. The summed E-state index contributed by atoms with van der Waals surface area (Å²) in [6, 6.07) is 2.13. The first kappa shape index (κ1) is 9.96. The van der Waals surface area contributed by atoms with Gasteiger partial charge >= 0.3 is 0 Å². The second-order valence-corrected chi connectivity index (χ2v) is 3.47. The average Bonchev–Trinajstić information content (AvgIpc) is 2.47. The van der Waals surface area contributed by atoms with E-state index >= 15 is 0 Å². The quantitative estimate of drug-likeness (QED) is 0.668. The van der Waals surface area contributed by atoms with E-state index in [-0.39, 0.29) is 11.8 Å². The molecule has 1 rings (SSSR count). The lowest BCUT2D eigenvalue weighted by Crippen LogP contribution is -2.10. The minimum absolute atomic E-state index is 0.0842. The fraction of sp³-hybridized carbons (Fsp3) is 0.600. The first-order chi connectivity index (χ1) is 6.06. The number of hydrogen-bond acceptors (Lipinski definition) is 2. The Kier molecular flexibility index (Phi) is 2.86. The fourth-order valence-corrected chi connectivity index (χ4v) is 1.27. The lowest BCUT2D eigenvalue weighted by Gasteiger charge is -2.07. The van der Waals surface area contributed by atoms with E-state index in [2.05, 4.69) is 5.10 Å². The molecule has 0 amide bonds. The Morgan fingerprint density at radius 1 is 1.62 bits per heavy atom. The molecule has 1 heterocycles.